The van der Waals surface area contributed by atoms with Gasteiger partial charge in [-0.3, -0.25) is 9.52 Å². The maximum atomic E-state index is 12.1. The van der Waals surface area contributed by atoms with Gasteiger partial charge in [-0.1, -0.05) is 23.1 Å². The molecular formula is C9H11N5O4S3. The lowest BCUT2D eigenvalue weighted by molar-refractivity contribution is -0.133. The first-order chi connectivity index (χ1) is 9.78. The van der Waals surface area contributed by atoms with Crippen LogP contribution in [0.1, 0.15) is 5.82 Å². The summed E-state index contributed by atoms with van der Waals surface area (Å²) < 4.78 is 28.4. The molecular weight excluding hydrogens is 338 g/mol. The minimum atomic E-state index is -3.83. The molecule has 2 aromatic rings. The summed E-state index contributed by atoms with van der Waals surface area (Å²) in [7, 11) is -2.15. The fraction of sp³-hybridized carbons (Fsp3) is 0.333. The molecule has 0 aromatic carbocycles. The Labute approximate surface area is 128 Å². The van der Waals surface area contributed by atoms with Crippen molar-refractivity contribution < 1.29 is 18.3 Å². The highest BCUT2D eigenvalue weighted by molar-refractivity contribution is 8.01. The van der Waals surface area contributed by atoms with Crippen molar-refractivity contribution in [3.05, 3.63) is 12.0 Å². The van der Waals surface area contributed by atoms with Gasteiger partial charge in [0.15, 0.2) is 9.37 Å². The van der Waals surface area contributed by atoms with E-state index >= 15 is 0 Å². The largest absolute Gasteiger partial charge is 0.481 e. The molecule has 0 amide bonds. The molecule has 0 fully saturated rings. The summed E-state index contributed by atoms with van der Waals surface area (Å²) in [5.74, 6) is -0.590. The molecule has 0 aliphatic heterocycles. The van der Waals surface area contributed by atoms with Crippen LogP contribution in [0.3, 0.4) is 0 Å². The third-order valence-corrected chi connectivity index (χ3v) is 5.60. The number of thioether (sulfide) groups is 1. The molecule has 2 rings (SSSR count). The lowest BCUT2D eigenvalue weighted by atomic mass is 10.7. The number of carboxylic acid groups (broad SMARTS) is 1. The molecule has 12 heteroatoms. The van der Waals surface area contributed by atoms with Gasteiger partial charge in [-0.05, 0) is 6.92 Å². The number of carbonyl (C=O) groups is 1. The van der Waals surface area contributed by atoms with E-state index in [1.54, 1.807) is 18.5 Å². The van der Waals surface area contributed by atoms with Crippen molar-refractivity contribution in [1.82, 2.24) is 19.7 Å². The molecule has 0 atom stereocenters. The number of imidazole rings is 1. The van der Waals surface area contributed by atoms with Gasteiger partial charge in [0.1, 0.15) is 5.82 Å². The Kier molecular flexibility index (Phi) is 4.49. The van der Waals surface area contributed by atoms with E-state index in [1.165, 1.54) is 6.20 Å². The second-order valence-corrected chi connectivity index (χ2v) is 7.73. The minimum absolute atomic E-state index is 0.0613. The quantitative estimate of drug-likeness (QED) is 0.724. The number of aryl methyl sites for hydroxylation is 2. The Morgan fingerprint density at radius 1 is 1.52 bits per heavy atom. The van der Waals surface area contributed by atoms with Gasteiger partial charge in [-0.2, -0.15) is 8.42 Å². The summed E-state index contributed by atoms with van der Waals surface area (Å²) in [4.78, 5) is 14.4. The van der Waals surface area contributed by atoms with Crippen LogP contribution in [0.25, 0.3) is 0 Å². The molecule has 9 nitrogen and oxygen atoms in total. The Hall–Kier alpha value is -1.66. The summed E-state index contributed by atoms with van der Waals surface area (Å²) >= 11 is 1.93. The van der Waals surface area contributed by atoms with E-state index in [4.69, 9.17) is 5.11 Å². The van der Waals surface area contributed by atoms with Crippen LogP contribution >= 0.6 is 23.1 Å². The predicted octanol–water partition coefficient (Wildman–Crippen LogP) is 0.558. The molecule has 21 heavy (non-hydrogen) atoms. The molecule has 0 saturated heterocycles. The number of anilines is 1. The Morgan fingerprint density at radius 2 is 2.24 bits per heavy atom. The second kappa shape index (κ2) is 5.99. The maximum absolute atomic E-state index is 12.1. The third kappa shape index (κ3) is 3.92. The first-order valence-electron chi connectivity index (χ1n) is 5.49. The van der Waals surface area contributed by atoms with Crippen molar-refractivity contribution >= 4 is 44.2 Å². The fourth-order valence-electron chi connectivity index (χ4n) is 1.26. The molecule has 0 saturated carbocycles. The highest BCUT2D eigenvalue weighted by Gasteiger charge is 2.20. The van der Waals surface area contributed by atoms with Crippen LogP contribution in [-0.4, -0.2) is 45.0 Å². The van der Waals surface area contributed by atoms with E-state index in [-0.39, 0.29) is 15.9 Å². The lowest BCUT2D eigenvalue weighted by Crippen LogP contribution is -2.13. The Balaban J connectivity index is 2.12. The smallest absolute Gasteiger partial charge is 0.313 e. The first-order valence-corrected chi connectivity index (χ1v) is 8.77. The van der Waals surface area contributed by atoms with Crippen LogP contribution < -0.4 is 4.72 Å². The average molecular weight is 349 g/mol. The Morgan fingerprint density at radius 3 is 2.81 bits per heavy atom. The normalized spacial score (nSPS) is 11.5. The third-order valence-electron chi connectivity index (χ3n) is 2.31. The van der Waals surface area contributed by atoms with E-state index in [9.17, 15) is 13.2 Å². The number of carboxylic acids is 1. The summed E-state index contributed by atoms with van der Waals surface area (Å²) in [6.07, 6.45) is 1.39. The van der Waals surface area contributed by atoms with Crippen LogP contribution in [0.2, 0.25) is 0 Å². The average Bonchev–Trinajstić information content (AvgIpc) is 2.95. The van der Waals surface area contributed by atoms with Gasteiger partial charge in [0, 0.05) is 13.2 Å². The molecule has 2 N–H and O–H groups in total. The van der Waals surface area contributed by atoms with Gasteiger partial charge in [0.05, 0.1) is 5.75 Å². The van der Waals surface area contributed by atoms with E-state index in [1.807, 2.05) is 0 Å². The van der Waals surface area contributed by atoms with E-state index in [2.05, 4.69) is 19.9 Å². The van der Waals surface area contributed by atoms with Crippen molar-refractivity contribution in [2.75, 3.05) is 10.5 Å². The van der Waals surface area contributed by atoms with Crippen LogP contribution in [0, 0.1) is 6.92 Å². The molecule has 114 valence electrons. The van der Waals surface area contributed by atoms with E-state index < -0.39 is 16.0 Å². The fourth-order valence-corrected chi connectivity index (χ4v) is 4.00. The van der Waals surface area contributed by atoms with E-state index in [0.29, 0.717) is 10.2 Å². The molecule has 0 bridgehead atoms. The summed E-state index contributed by atoms with van der Waals surface area (Å²) in [6, 6.07) is 0. The number of aromatic nitrogens is 4. The zero-order chi connectivity index (χ0) is 15.6. The summed E-state index contributed by atoms with van der Waals surface area (Å²) in [5.41, 5.74) is 0. The SMILES string of the molecule is Cc1nc(S(=O)(=O)Nc2nnc(SCC(=O)O)s2)cn1C. The van der Waals surface area contributed by atoms with Gasteiger partial charge in [-0.25, -0.2) is 4.98 Å². The molecule has 2 heterocycles. The number of sulfonamides is 1. The highest BCUT2D eigenvalue weighted by Crippen LogP contribution is 2.26. The van der Waals surface area contributed by atoms with Crippen molar-refractivity contribution in [3.8, 4) is 0 Å². The molecule has 0 radical (unpaired) electrons. The second-order valence-electron chi connectivity index (χ2n) is 3.90. The molecule has 0 aliphatic rings. The predicted molar refractivity (Wildman–Crippen MR) is 77.0 cm³/mol. The van der Waals surface area contributed by atoms with Gasteiger partial charge in [-0.15, -0.1) is 10.2 Å². The van der Waals surface area contributed by atoms with Gasteiger partial charge in [0.2, 0.25) is 5.13 Å². The summed E-state index contributed by atoms with van der Waals surface area (Å²) in [5, 5.41) is 15.9. The van der Waals surface area contributed by atoms with Gasteiger partial charge >= 0.3 is 5.97 Å². The maximum Gasteiger partial charge on any atom is 0.313 e. The highest BCUT2D eigenvalue weighted by atomic mass is 32.2. The number of nitrogens with zero attached hydrogens (tertiary/aromatic N) is 4. The van der Waals surface area contributed by atoms with Gasteiger partial charge in [0.25, 0.3) is 10.0 Å². The van der Waals surface area contributed by atoms with Crippen molar-refractivity contribution in [2.24, 2.45) is 7.05 Å². The first kappa shape index (κ1) is 15.7. The monoisotopic (exact) mass is 349 g/mol. The topological polar surface area (TPSA) is 127 Å². The molecule has 0 spiro atoms. The molecule has 2 aromatic heterocycles. The van der Waals surface area contributed by atoms with Crippen molar-refractivity contribution in [2.45, 2.75) is 16.3 Å². The van der Waals surface area contributed by atoms with Crippen molar-refractivity contribution in [3.63, 3.8) is 0 Å². The zero-order valence-electron chi connectivity index (χ0n) is 11.0. The number of hydrogen-bond acceptors (Lipinski definition) is 8. The number of aliphatic carboxylic acids is 1. The van der Waals surface area contributed by atoms with Gasteiger partial charge < -0.3 is 9.67 Å². The van der Waals surface area contributed by atoms with Crippen molar-refractivity contribution in [1.29, 1.82) is 0 Å². The number of hydrogen-bond donors (Lipinski definition) is 2. The Bertz CT molecular complexity index is 747. The van der Waals surface area contributed by atoms with Crippen LogP contribution in [0.5, 0.6) is 0 Å². The lowest BCUT2D eigenvalue weighted by Gasteiger charge is -1.99. The van der Waals surface area contributed by atoms with E-state index in [0.717, 1.165) is 23.1 Å². The molecule has 0 aliphatic carbocycles. The number of nitrogens with one attached hydrogen (secondary N) is 1. The number of rotatable bonds is 6. The molecule has 0 unspecified atom stereocenters. The zero-order valence-corrected chi connectivity index (χ0v) is 13.4. The minimum Gasteiger partial charge on any atom is -0.481 e. The van der Waals surface area contributed by atoms with Crippen LogP contribution in [0.4, 0.5) is 5.13 Å². The standard InChI is InChI=1S/C9H11N5O4S3/c1-5-10-6(3-14(5)2)21(17,18)13-8-11-12-9(20-8)19-4-7(15)16/h3H,4H2,1-2H3,(H,11,13)(H,15,16). The van der Waals surface area contributed by atoms with Crippen LogP contribution in [0.15, 0.2) is 15.6 Å². The summed E-state index contributed by atoms with van der Waals surface area (Å²) in [6.45, 7) is 1.69. The van der Waals surface area contributed by atoms with Crippen LogP contribution in [-0.2, 0) is 21.9 Å².